The van der Waals surface area contributed by atoms with E-state index >= 15 is 0 Å². The van der Waals surface area contributed by atoms with Gasteiger partial charge in [-0.15, -0.1) is 0 Å². The Kier molecular flexibility index (Phi) is 6.62. The summed E-state index contributed by atoms with van der Waals surface area (Å²) >= 11 is 0. The SMILES string of the molecule is CNC(=O)Cc1c(C)nc(C2CCCN(C(=O)Cc3ccc(C)cc3)C2)nc1C. The average Bonchev–Trinajstić information content (AvgIpc) is 2.72. The van der Waals surface area contributed by atoms with E-state index in [2.05, 4.69) is 5.32 Å². The number of piperidine rings is 1. The van der Waals surface area contributed by atoms with E-state index in [4.69, 9.17) is 9.97 Å². The molecular weight excluding hydrogens is 364 g/mol. The van der Waals surface area contributed by atoms with Gasteiger partial charge in [-0.2, -0.15) is 0 Å². The summed E-state index contributed by atoms with van der Waals surface area (Å²) in [5.41, 5.74) is 4.82. The molecule has 2 amide bonds. The molecule has 1 aliphatic rings. The number of nitrogens with zero attached hydrogens (tertiary/aromatic N) is 3. The van der Waals surface area contributed by atoms with Gasteiger partial charge in [-0.1, -0.05) is 29.8 Å². The van der Waals surface area contributed by atoms with E-state index in [1.807, 2.05) is 49.9 Å². The number of likely N-dealkylation sites (N-methyl/N-ethyl adjacent to an activating group) is 1. The number of aryl methyl sites for hydroxylation is 3. The Morgan fingerprint density at radius 3 is 2.34 bits per heavy atom. The van der Waals surface area contributed by atoms with E-state index in [0.29, 0.717) is 19.4 Å². The van der Waals surface area contributed by atoms with Crippen molar-refractivity contribution >= 4 is 11.8 Å². The smallest absolute Gasteiger partial charge is 0.227 e. The molecule has 1 aliphatic heterocycles. The molecule has 1 N–H and O–H groups in total. The summed E-state index contributed by atoms with van der Waals surface area (Å²) in [4.78, 5) is 35.9. The van der Waals surface area contributed by atoms with E-state index in [-0.39, 0.29) is 17.7 Å². The lowest BCUT2D eigenvalue weighted by Crippen LogP contribution is -2.40. The number of rotatable bonds is 5. The zero-order valence-electron chi connectivity index (χ0n) is 17.8. The van der Waals surface area contributed by atoms with Gasteiger partial charge in [0.2, 0.25) is 11.8 Å². The molecule has 0 aliphatic carbocycles. The van der Waals surface area contributed by atoms with Crippen molar-refractivity contribution in [3.8, 4) is 0 Å². The van der Waals surface area contributed by atoms with Crippen molar-refractivity contribution in [2.45, 2.75) is 52.4 Å². The van der Waals surface area contributed by atoms with Crippen LogP contribution in [0.4, 0.5) is 0 Å². The van der Waals surface area contributed by atoms with Crippen LogP contribution < -0.4 is 5.32 Å². The van der Waals surface area contributed by atoms with Crippen LogP contribution in [0.1, 0.15) is 52.7 Å². The third-order valence-corrected chi connectivity index (χ3v) is 5.67. The van der Waals surface area contributed by atoms with Crippen LogP contribution in [0.2, 0.25) is 0 Å². The van der Waals surface area contributed by atoms with E-state index in [9.17, 15) is 9.59 Å². The molecule has 0 bridgehead atoms. The number of carbonyl (C=O) groups is 2. The van der Waals surface area contributed by atoms with Crippen molar-refractivity contribution < 1.29 is 9.59 Å². The first-order chi connectivity index (χ1) is 13.9. The third kappa shape index (κ3) is 5.19. The topological polar surface area (TPSA) is 75.2 Å². The monoisotopic (exact) mass is 394 g/mol. The van der Waals surface area contributed by atoms with Crippen molar-refractivity contribution in [1.29, 1.82) is 0 Å². The fraction of sp³-hybridized carbons (Fsp3) is 0.478. The Labute approximate surface area is 172 Å². The zero-order chi connectivity index (χ0) is 21.0. The van der Waals surface area contributed by atoms with Crippen molar-refractivity contribution in [3.05, 3.63) is 58.2 Å². The fourth-order valence-corrected chi connectivity index (χ4v) is 3.86. The van der Waals surface area contributed by atoms with E-state index in [0.717, 1.165) is 47.7 Å². The molecule has 0 saturated carbocycles. The molecule has 2 heterocycles. The normalized spacial score (nSPS) is 16.6. The van der Waals surface area contributed by atoms with E-state index in [1.165, 1.54) is 5.56 Å². The Morgan fingerprint density at radius 2 is 1.72 bits per heavy atom. The van der Waals surface area contributed by atoms with Crippen molar-refractivity contribution in [2.24, 2.45) is 0 Å². The van der Waals surface area contributed by atoms with Crippen LogP contribution in [0, 0.1) is 20.8 Å². The second kappa shape index (κ2) is 9.16. The van der Waals surface area contributed by atoms with Crippen LogP contribution in [0.5, 0.6) is 0 Å². The summed E-state index contributed by atoms with van der Waals surface area (Å²) in [6.45, 7) is 7.34. The van der Waals surface area contributed by atoms with Crippen molar-refractivity contribution in [2.75, 3.05) is 20.1 Å². The molecule has 6 heteroatoms. The molecule has 29 heavy (non-hydrogen) atoms. The number of likely N-dealkylation sites (tertiary alicyclic amines) is 1. The molecule has 0 spiro atoms. The largest absolute Gasteiger partial charge is 0.359 e. The molecule has 1 atom stereocenters. The Bertz CT molecular complexity index is 869. The molecule has 1 aromatic heterocycles. The molecule has 0 radical (unpaired) electrons. The van der Waals surface area contributed by atoms with Gasteiger partial charge in [0.05, 0.1) is 12.8 Å². The van der Waals surface area contributed by atoms with Gasteiger partial charge < -0.3 is 10.2 Å². The van der Waals surface area contributed by atoms with Gasteiger partial charge in [0.1, 0.15) is 5.82 Å². The summed E-state index contributed by atoms with van der Waals surface area (Å²) in [5.74, 6) is 1.03. The van der Waals surface area contributed by atoms with Gasteiger partial charge in [0.25, 0.3) is 0 Å². The van der Waals surface area contributed by atoms with Crippen LogP contribution in [0.3, 0.4) is 0 Å². The number of aromatic nitrogens is 2. The summed E-state index contributed by atoms with van der Waals surface area (Å²) in [7, 11) is 1.63. The Morgan fingerprint density at radius 1 is 1.07 bits per heavy atom. The maximum absolute atomic E-state index is 12.8. The third-order valence-electron chi connectivity index (χ3n) is 5.67. The van der Waals surface area contributed by atoms with Gasteiger partial charge in [-0.25, -0.2) is 9.97 Å². The van der Waals surface area contributed by atoms with Crippen LogP contribution >= 0.6 is 0 Å². The van der Waals surface area contributed by atoms with Gasteiger partial charge in [-0.05, 0) is 39.2 Å². The van der Waals surface area contributed by atoms with E-state index in [1.54, 1.807) is 7.05 Å². The first kappa shape index (κ1) is 21.0. The fourth-order valence-electron chi connectivity index (χ4n) is 3.86. The molecular formula is C23H30N4O2. The van der Waals surface area contributed by atoms with Crippen molar-refractivity contribution in [3.63, 3.8) is 0 Å². The highest BCUT2D eigenvalue weighted by Gasteiger charge is 2.27. The lowest BCUT2D eigenvalue weighted by molar-refractivity contribution is -0.131. The summed E-state index contributed by atoms with van der Waals surface area (Å²) in [6.07, 6.45) is 2.64. The van der Waals surface area contributed by atoms with Crippen LogP contribution in [-0.4, -0.2) is 46.8 Å². The highest BCUT2D eigenvalue weighted by molar-refractivity contribution is 5.79. The second-order valence-electron chi connectivity index (χ2n) is 7.92. The predicted molar refractivity (Wildman–Crippen MR) is 113 cm³/mol. The molecule has 1 unspecified atom stereocenters. The number of benzene rings is 1. The summed E-state index contributed by atoms with van der Waals surface area (Å²) in [6, 6.07) is 8.13. The molecule has 154 valence electrons. The quantitative estimate of drug-likeness (QED) is 0.846. The first-order valence-electron chi connectivity index (χ1n) is 10.2. The minimum absolute atomic E-state index is 0.0434. The minimum atomic E-state index is -0.0434. The maximum Gasteiger partial charge on any atom is 0.227 e. The van der Waals surface area contributed by atoms with Gasteiger partial charge >= 0.3 is 0 Å². The Balaban J connectivity index is 1.70. The number of carbonyl (C=O) groups excluding carboxylic acids is 2. The maximum atomic E-state index is 12.8. The Hall–Kier alpha value is -2.76. The number of nitrogens with one attached hydrogen (secondary N) is 1. The molecule has 1 saturated heterocycles. The number of hydrogen-bond acceptors (Lipinski definition) is 4. The number of amides is 2. The molecule has 1 aromatic carbocycles. The minimum Gasteiger partial charge on any atom is -0.359 e. The van der Waals surface area contributed by atoms with E-state index < -0.39 is 0 Å². The standard InChI is InChI=1S/C23H30N4O2/c1-15-7-9-18(10-8-15)12-22(29)27-11-5-6-19(14-27)23-25-16(2)20(17(3)26-23)13-21(28)24-4/h7-10,19H,5-6,11-14H2,1-4H3,(H,24,28). The predicted octanol–water partition coefficient (Wildman–Crippen LogP) is 2.64. The first-order valence-corrected chi connectivity index (χ1v) is 10.2. The van der Waals surface area contributed by atoms with Crippen LogP contribution in [0.15, 0.2) is 24.3 Å². The lowest BCUT2D eigenvalue weighted by Gasteiger charge is -2.32. The highest BCUT2D eigenvalue weighted by atomic mass is 16.2. The van der Waals surface area contributed by atoms with Gasteiger partial charge in [0.15, 0.2) is 0 Å². The number of hydrogen-bond donors (Lipinski definition) is 1. The van der Waals surface area contributed by atoms with Crippen LogP contribution in [0.25, 0.3) is 0 Å². The average molecular weight is 395 g/mol. The molecule has 3 rings (SSSR count). The highest BCUT2D eigenvalue weighted by Crippen LogP contribution is 2.26. The molecule has 1 fully saturated rings. The summed E-state index contributed by atoms with van der Waals surface area (Å²) < 4.78 is 0. The van der Waals surface area contributed by atoms with Gasteiger partial charge in [-0.3, -0.25) is 9.59 Å². The van der Waals surface area contributed by atoms with Gasteiger partial charge in [0, 0.05) is 43.0 Å². The molecule has 6 nitrogen and oxygen atoms in total. The second-order valence-corrected chi connectivity index (χ2v) is 7.92. The zero-order valence-corrected chi connectivity index (χ0v) is 17.8. The lowest BCUT2D eigenvalue weighted by atomic mass is 9.95. The van der Waals surface area contributed by atoms with Crippen molar-refractivity contribution in [1.82, 2.24) is 20.2 Å². The van der Waals surface area contributed by atoms with Crippen LogP contribution in [-0.2, 0) is 22.4 Å². The summed E-state index contributed by atoms with van der Waals surface area (Å²) in [5, 5.41) is 2.65. The molecule has 2 aromatic rings.